The number of hydrogen-bond donors (Lipinski definition) is 0. The number of amides is 1. The van der Waals surface area contributed by atoms with Gasteiger partial charge in [-0.15, -0.1) is 0 Å². The van der Waals surface area contributed by atoms with E-state index in [0.717, 1.165) is 0 Å². The number of piperazine rings is 1. The first-order chi connectivity index (χ1) is 18.5. The van der Waals surface area contributed by atoms with E-state index < -0.39 is 15.6 Å². The van der Waals surface area contributed by atoms with Gasteiger partial charge in [0, 0.05) is 43.6 Å². The summed E-state index contributed by atoms with van der Waals surface area (Å²) in [7, 11) is -3.97. The van der Waals surface area contributed by atoms with E-state index in [-0.39, 0.29) is 22.7 Å². The van der Waals surface area contributed by atoms with Gasteiger partial charge in [-0.2, -0.15) is 0 Å². The van der Waals surface area contributed by atoms with E-state index >= 15 is 0 Å². The van der Waals surface area contributed by atoms with E-state index in [1.165, 1.54) is 10.3 Å². The first kappa shape index (κ1) is 26.6. The summed E-state index contributed by atoms with van der Waals surface area (Å²) in [5, 5.41) is 0.589. The van der Waals surface area contributed by atoms with Gasteiger partial charge in [0.25, 0.3) is 10.0 Å². The van der Waals surface area contributed by atoms with Crippen LogP contribution in [-0.2, 0) is 14.8 Å². The van der Waals surface area contributed by atoms with Crippen LogP contribution >= 0.6 is 0 Å². The smallest absolute Gasteiger partial charge is 0.410 e. The van der Waals surface area contributed by atoms with Gasteiger partial charge in [-0.3, -0.25) is 4.98 Å². The molecule has 3 aromatic heterocycles. The molecule has 0 bridgehead atoms. The third-order valence-corrected chi connectivity index (χ3v) is 8.46. The molecule has 1 amide bonds. The Balaban J connectivity index is 1.62. The average Bonchev–Trinajstić information content (AvgIpc) is 3.29. The number of carbonyl (C=O) groups excluding carboxylic acids is 1. The lowest BCUT2D eigenvalue weighted by atomic mass is 10.1. The Morgan fingerprint density at radius 3 is 2.44 bits per heavy atom. The van der Waals surface area contributed by atoms with Gasteiger partial charge >= 0.3 is 6.09 Å². The number of hydrogen-bond acceptors (Lipinski definition) is 8. The molecule has 0 spiro atoms. The molecule has 4 aromatic rings. The van der Waals surface area contributed by atoms with Gasteiger partial charge in [0.1, 0.15) is 17.7 Å². The molecule has 0 unspecified atom stereocenters. The Morgan fingerprint density at radius 1 is 1.03 bits per heavy atom. The summed E-state index contributed by atoms with van der Waals surface area (Å²) in [6.45, 7) is 10.7. The summed E-state index contributed by atoms with van der Waals surface area (Å²) in [5.41, 5.74) is 1.54. The molecule has 1 aliphatic rings. The maximum absolute atomic E-state index is 13.9. The number of fused-ring (bicyclic) bond motifs is 1. The lowest BCUT2D eigenvalue weighted by molar-refractivity contribution is 0.0218. The highest BCUT2D eigenvalue weighted by Gasteiger charge is 2.33. The highest BCUT2D eigenvalue weighted by Crippen LogP contribution is 2.37. The Hall–Kier alpha value is -3.99. The Morgan fingerprint density at radius 2 is 1.77 bits per heavy atom. The molecular weight excluding hydrogens is 516 g/mol. The second-order valence-electron chi connectivity index (χ2n) is 10.7. The van der Waals surface area contributed by atoms with E-state index in [2.05, 4.69) is 19.9 Å². The second kappa shape index (κ2) is 9.96. The first-order valence-corrected chi connectivity index (χ1v) is 14.2. The van der Waals surface area contributed by atoms with Gasteiger partial charge < -0.3 is 14.5 Å². The van der Waals surface area contributed by atoms with E-state index in [0.29, 0.717) is 47.7 Å². The Labute approximate surface area is 228 Å². The molecular formula is C28H32N6O4S. The van der Waals surface area contributed by atoms with E-state index in [9.17, 15) is 13.2 Å². The van der Waals surface area contributed by atoms with E-state index in [4.69, 9.17) is 4.74 Å². The lowest BCUT2D eigenvalue weighted by Gasteiger charge is -2.41. The molecule has 0 aliphatic carbocycles. The Bertz CT molecular complexity index is 1630. The third-order valence-electron chi connectivity index (χ3n) is 6.65. The number of aryl methyl sites for hydroxylation is 1. The van der Waals surface area contributed by atoms with Crippen LogP contribution in [0.4, 0.5) is 10.6 Å². The largest absolute Gasteiger partial charge is 0.444 e. The molecule has 10 nitrogen and oxygen atoms in total. The molecule has 0 saturated carbocycles. The number of ether oxygens (including phenoxy) is 1. The van der Waals surface area contributed by atoms with E-state index in [1.807, 2.05) is 45.9 Å². The summed E-state index contributed by atoms with van der Waals surface area (Å²) in [6.07, 6.45) is 4.28. The summed E-state index contributed by atoms with van der Waals surface area (Å²) < 4.78 is 34.6. The standard InChI is InChI=1S/C28H32N6O4S/c1-19-10-6-7-12-23(19)39(36,37)34-17-21(22-11-8-9-13-29-22)24-25(30-18-31-26(24)34)33-15-14-32(16-20(33)2)27(35)38-28(3,4)5/h6-13,17-18,20H,14-16H2,1-5H3/t20-/m0/s1. The molecule has 1 aliphatic heterocycles. The molecule has 11 heteroatoms. The zero-order valence-electron chi connectivity index (χ0n) is 22.7. The summed E-state index contributed by atoms with van der Waals surface area (Å²) >= 11 is 0. The average molecular weight is 549 g/mol. The van der Waals surface area contributed by atoms with Crippen LogP contribution in [0.25, 0.3) is 22.3 Å². The highest BCUT2D eigenvalue weighted by molar-refractivity contribution is 7.90. The zero-order valence-corrected chi connectivity index (χ0v) is 23.5. The quantitative estimate of drug-likeness (QED) is 0.367. The van der Waals surface area contributed by atoms with Gasteiger partial charge in [0.15, 0.2) is 5.65 Å². The van der Waals surface area contributed by atoms with Crippen LogP contribution in [0.1, 0.15) is 33.3 Å². The fourth-order valence-electron chi connectivity index (χ4n) is 4.85. The van der Waals surface area contributed by atoms with Crippen molar-refractivity contribution in [1.82, 2.24) is 23.8 Å². The van der Waals surface area contributed by atoms with Crippen LogP contribution in [0.5, 0.6) is 0 Å². The van der Waals surface area contributed by atoms with Gasteiger partial charge in [-0.1, -0.05) is 24.3 Å². The minimum Gasteiger partial charge on any atom is -0.444 e. The number of pyridine rings is 1. The number of carbonyl (C=O) groups is 1. The summed E-state index contributed by atoms with van der Waals surface area (Å²) in [6, 6.07) is 12.3. The topological polar surface area (TPSA) is 111 Å². The summed E-state index contributed by atoms with van der Waals surface area (Å²) in [4.78, 5) is 30.3. The van der Waals surface area contributed by atoms with Gasteiger partial charge in [-0.05, 0) is 58.4 Å². The number of rotatable bonds is 4. The fraction of sp³-hybridized carbons (Fsp3) is 0.357. The number of anilines is 1. The lowest BCUT2D eigenvalue weighted by Crippen LogP contribution is -2.54. The molecule has 0 radical (unpaired) electrons. The van der Waals surface area contributed by atoms with Crippen molar-refractivity contribution in [3.05, 3.63) is 66.7 Å². The van der Waals surface area contributed by atoms with Crippen LogP contribution in [0.3, 0.4) is 0 Å². The predicted octanol–water partition coefficient (Wildman–Crippen LogP) is 4.48. The first-order valence-electron chi connectivity index (χ1n) is 12.8. The normalized spacial score (nSPS) is 16.5. The highest BCUT2D eigenvalue weighted by atomic mass is 32.2. The van der Waals surface area contributed by atoms with Crippen LogP contribution in [-0.4, -0.2) is 69.6 Å². The molecule has 204 valence electrons. The van der Waals surface area contributed by atoms with Crippen molar-refractivity contribution in [2.24, 2.45) is 0 Å². The van der Waals surface area contributed by atoms with Crippen molar-refractivity contribution in [2.75, 3.05) is 24.5 Å². The maximum atomic E-state index is 13.9. The summed E-state index contributed by atoms with van der Waals surface area (Å²) in [5.74, 6) is 0.593. The minimum absolute atomic E-state index is 0.114. The van der Waals surface area contributed by atoms with Gasteiger partial charge in [0.2, 0.25) is 0 Å². The molecule has 1 fully saturated rings. The second-order valence-corrected chi connectivity index (χ2v) is 12.5. The van der Waals surface area contributed by atoms with Crippen molar-refractivity contribution in [1.29, 1.82) is 0 Å². The number of aromatic nitrogens is 4. The predicted molar refractivity (Wildman–Crippen MR) is 149 cm³/mol. The number of nitrogens with zero attached hydrogens (tertiary/aromatic N) is 6. The van der Waals surface area contributed by atoms with Crippen LogP contribution in [0.15, 0.2) is 66.1 Å². The molecule has 0 N–H and O–H groups in total. The van der Waals surface area contributed by atoms with Crippen molar-refractivity contribution in [3.63, 3.8) is 0 Å². The fourth-order valence-corrected chi connectivity index (χ4v) is 6.40. The minimum atomic E-state index is -3.97. The third kappa shape index (κ3) is 5.06. The maximum Gasteiger partial charge on any atom is 0.410 e. The van der Waals surface area contributed by atoms with E-state index in [1.54, 1.807) is 48.5 Å². The molecule has 1 saturated heterocycles. The van der Waals surface area contributed by atoms with Crippen molar-refractivity contribution in [3.8, 4) is 11.3 Å². The molecule has 1 atom stereocenters. The van der Waals surface area contributed by atoms with Crippen LogP contribution in [0.2, 0.25) is 0 Å². The van der Waals surface area contributed by atoms with Crippen LogP contribution < -0.4 is 4.90 Å². The molecule has 4 heterocycles. The zero-order chi connectivity index (χ0) is 27.9. The van der Waals surface area contributed by atoms with Crippen molar-refractivity contribution >= 4 is 33.0 Å². The SMILES string of the molecule is Cc1ccccc1S(=O)(=O)n1cc(-c2ccccn2)c2c(N3CCN(C(=O)OC(C)(C)C)C[C@@H]3C)ncnc21. The molecule has 1 aromatic carbocycles. The monoisotopic (exact) mass is 548 g/mol. The molecule has 39 heavy (non-hydrogen) atoms. The number of benzene rings is 1. The Kier molecular flexibility index (Phi) is 6.79. The van der Waals surface area contributed by atoms with Crippen molar-refractivity contribution in [2.45, 2.75) is 51.2 Å². The van der Waals surface area contributed by atoms with Crippen LogP contribution in [0, 0.1) is 6.92 Å². The van der Waals surface area contributed by atoms with Gasteiger partial charge in [-0.25, -0.2) is 27.2 Å². The van der Waals surface area contributed by atoms with Gasteiger partial charge in [0.05, 0.1) is 16.0 Å². The van der Waals surface area contributed by atoms with Crippen molar-refractivity contribution < 1.29 is 17.9 Å². The molecule has 5 rings (SSSR count).